The Morgan fingerprint density at radius 1 is 1.41 bits per heavy atom. The monoisotopic (exact) mass is 229 g/mol. The Kier molecular flexibility index (Phi) is 2.61. The van der Waals surface area contributed by atoms with Crippen LogP contribution in [0.1, 0.15) is 17.4 Å². The van der Waals surface area contributed by atoms with Gasteiger partial charge in [0.05, 0.1) is 17.1 Å². The summed E-state index contributed by atoms with van der Waals surface area (Å²) >= 11 is 0. The number of aromatic amines is 1. The third-order valence-electron chi connectivity index (χ3n) is 3.36. The van der Waals surface area contributed by atoms with E-state index in [9.17, 15) is 0 Å². The van der Waals surface area contributed by atoms with Crippen molar-refractivity contribution in [2.75, 3.05) is 26.7 Å². The highest BCUT2D eigenvalue weighted by Gasteiger charge is 2.22. The van der Waals surface area contributed by atoms with E-state index in [0.29, 0.717) is 0 Å². The molecule has 1 radical (unpaired) electrons. The second-order valence-electron chi connectivity index (χ2n) is 4.78. The molecule has 0 saturated carbocycles. The maximum Gasteiger partial charge on any atom is 0.127 e. The number of hydrogen-bond acceptors (Lipinski definition) is 2. The van der Waals surface area contributed by atoms with E-state index >= 15 is 0 Å². The fourth-order valence-electron chi connectivity index (χ4n) is 2.35. The van der Waals surface area contributed by atoms with Gasteiger partial charge in [-0.15, -0.1) is 0 Å². The van der Waals surface area contributed by atoms with Gasteiger partial charge in [0.2, 0.25) is 0 Å². The van der Waals surface area contributed by atoms with Crippen molar-refractivity contribution in [2.45, 2.75) is 13.0 Å². The van der Waals surface area contributed by atoms with Crippen molar-refractivity contribution in [2.24, 2.45) is 0 Å². The zero-order valence-electron chi connectivity index (χ0n) is 10.3. The highest BCUT2D eigenvalue weighted by Crippen LogP contribution is 2.21. The summed E-state index contributed by atoms with van der Waals surface area (Å²) in [6.45, 7) is 5.00. The number of aryl methyl sites for hydroxylation is 1. The summed E-state index contributed by atoms with van der Waals surface area (Å²) in [7, 11) is 2.13. The summed E-state index contributed by atoms with van der Waals surface area (Å²) in [6, 6.07) is 6.42. The van der Waals surface area contributed by atoms with Crippen LogP contribution in [-0.4, -0.2) is 41.5 Å². The van der Waals surface area contributed by atoms with Crippen LogP contribution in [0.3, 0.4) is 0 Å². The minimum Gasteiger partial charge on any atom is -0.341 e. The zero-order chi connectivity index (χ0) is 11.8. The number of imidazole rings is 1. The first-order valence-corrected chi connectivity index (χ1v) is 6.04. The predicted molar refractivity (Wildman–Crippen MR) is 68.1 cm³/mol. The molecule has 1 aromatic heterocycles. The summed E-state index contributed by atoms with van der Waals surface area (Å²) in [5.74, 6) is 1.00. The average Bonchev–Trinajstić information content (AvgIpc) is 2.74. The number of para-hydroxylation sites is 1. The van der Waals surface area contributed by atoms with Gasteiger partial charge < -0.3 is 9.88 Å². The van der Waals surface area contributed by atoms with Gasteiger partial charge in [-0.05, 0) is 25.6 Å². The molecule has 4 nitrogen and oxygen atoms in total. The van der Waals surface area contributed by atoms with Crippen molar-refractivity contribution in [1.29, 1.82) is 0 Å². The summed E-state index contributed by atoms with van der Waals surface area (Å²) < 4.78 is 0. The normalized spacial score (nSPS) is 22.1. The third-order valence-corrected chi connectivity index (χ3v) is 3.36. The summed E-state index contributed by atoms with van der Waals surface area (Å²) in [6.07, 6.45) is 0. The van der Waals surface area contributed by atoms with E-state index in [2.05, 4.69) is 47.4 Å². The Hall–Kier alpha value is -1.39. The van der Waals surface area contributed by atoms with Crippen LogP contribution in [-0.2, 0) is 0 Å². The van der Waals surface area contributed by atoms with Gasteiger partial charge in [-0.3, -0.25) is 0 Å². The van der Waals surface area contributed by atoms with Gasteiger partial charge in [0.25, 0.3) is 0 Å². The molecule has 1 fully saturated rings. The van der Waals surface area contributed by atoms with Crippen LogP contribution in [0, 0.1) is 6.92 Å². The first-order valence-electron chi connectivity index (χ1n) is 6.04. The maximum atomic E-state index is 4.69. The van der Waals surface area contributed by atoms with Crippen molar-refractivity contribution < 1.29 is 0 Å². The van der Waals surface area contributed by atoms with Crippen molar-refractivity contribution in [1.82, 2.24) is 20.2 Å². The first-order chi connectivity index (χ1) is 8.24. The number of H-pyrrole nitrogens is 1. The van der Waals surface area contributed by atoms with E-state index in [-0.39, 0.29) is 6.04 Å². The Morgan fingerprint density at radius 2 is 2.29 bits per heavy atom. The standard InChI is InChI=1S/C13H17N4/c1-9-4-3-5-10-12(9)16-13(15-10)11-8-17(2)7-6-14-11/h3-5,11H,6-8H2,1-2H3,(H,15,16). The average molecular weight is 229 g/mol. The molecule has 0 spiro atoms. The molecule has 0 aliphatic carbocycles. The lowest BCUT2D eigenvalue weighted by molar-refractivity contribution is 0.232. The number of piperazine rings is 1. The summed E-state index contributed by atoms with van der Waals surface area (Å²) in [4.78, 5) is 10.4. The van der Waals surface area contributed by atoms with E-state index in [4.69, 9.17) is 4.98 Å². The molecule has 1 aromatic carbocycles. The number of rotatable bonds is 1. The number of benzene rings is 1. The molecule has 2 aromatic rings. The molecule has 0 amide bonds. The van der Waals surface area contributed by atoms with Gasteiger partial charge in [0, 0.05) is 19.6 Å². The molecule has 3 rings (SSSR count). The first kappa shape index (κ1) is 10.7. The molecule has 1 atom stereocenters. The Balaban J connectivity index is 1.97. The van der Waals surface area contributed by atoms with E-state index < -0.39 is 0 Å². The lowest BCUT2D eigenvalue weighted by Crippen LogP contribution is -2.40. The van der Waals surface area contributed by atoms with E-state index in [0.717, 1.165) is 36.5 Å². The lowest BCUT2D eigenvalue weighted by Gasteiger charge is -2.28. The van der Waals surface area contributed by atoms with Crippen LogP contribution < -0.4 is 5.32 Å². The van der Waals surface area contributed by atoms with Crippen LogP contribution in [0.25, 0.3) is 11.0 Å². The Labute approximate surface area is 101 Å². The van der Waals surface area contributed by atoms with E-state index in [1.54, 1.807) is 0 Å². The van der Waals surface area contributed by atoms with Crippen molar-refractivity contribution in [3.63, 3.8) is 0 Å². The van der Waals surface area contributed by atoms with Gasteiger partial charge in [-0.25, -0.2) is 10.3 Å². The fraction of sp³-hybridized carbons (Fsp3) is 0.462. The molecule has 1 saturated heterocycles. The lowest BCUT2D eigenvalue weighted by atomic mass is 10.2. The molecule has 2 heterocycles. The predicted octanol–water partition coefficient (Wildman–Crippen LogP) is 1.46. The van der Waals surface area contributed by atoms with Crippen molar-refractivity contribution in [3.05, 3.63) is 29.6 Å². The van der Waals surface area contributed by atoms with Crippen molar-refractivity contribution in [3.8, 4) is 0 Å². The second-order valence-corrected chi connectivity index (χ2v) is 4.78. The van der Waals surface area contributed by atoms with Gasteiger partial charge in [0.1, 0.15) is 5.82 Å². The zero-order valence-corrected chi connectivity index (χ0v) is 10.3. The molecule has 4 heteroatoms. The molecule has 1 N–H and O–H groups in total. The van der Waals surface area contributed by atoms with Crippen LogP contribution in [0.4, 0.5) is 0 Å². The molecule has 0 bridgehead atoms. The van der Waals surface area contributed by atoms with Gasteiger partial charge in [-0.2, -0.15) is 0 Å². The highest BCUT2D eigenvalue weighted by atomic mass is 15.2. The number of nitrogens with one attached hydrogen (secondary N) is 1. The number of aromatic nitrogens is 2. The van der Waals surface area contributed by atoms with Crippen LogP contribution in [0.15, 0.2) is 18.2 Å². The SMILES string of the molecule is Cc1cccc2[nH]c(C3CN(C)CC[N]3)nc12. The van der Waals surface area contributed by atoms with E-state index in [1.165, 1.54) is 5.56 Å². The minimum atomic E-state index is 0.195. The Bertz CT molecular complexity index is 531. The number of hydrogen-bond donors (Lipinski definition) is 1. The number of fused-ring (bicyclic) bond motifs is 1. The van der Waals surface area contributed by atoms with Gasteiger partial charge >= 0.3 is 0 Å². The van der Waals surface area contributed by atoms with Crippen LogP contribution in [0.2, 0.25) is 0 Å². The Morgan fingerprint density at radius 3 is 3.06 bits per heavy atom. The molecular formula is C13H17N4. The molecular weight excluding hydrogens is 212 g/mol. The number of likely N-dealkylation sites (N-methyl/N-ethyl adjacent to an activating group) is 1. The quantitative estimate of drug-likeness (QED) is 0.804. The smallest absolute Gasteiger partial charge is 0.127 e. The minimum absolute atomic E-state index is 0.195. The molecule has 17 heavy (non-hydrogen) atoms. The fourth-order valence-corrected chi connectivity index (χ4v) is 2.35. The third kappa shape index (κ3) is 1.94. The van der Waals surface area contributed by atoms with Crippen LogP contribution in [0.5, 0.6) is 0 Å². The van der Waals surface area contributed by atoms with Gasteiger partial charge in [-0.1, -0.05) is 12.1 Å². The topological polar surface area (TPSA) is 46.0 Å². The van der Waals surface area contributed by atoms with Crippen LogP contribution >= 0.6 is 0 Å². The molecule has 1 aliphatic heterocycles. The van der Waals surface area contributed by atoms with Crippen molar-refractivity contribution >= 4 is 11.0 Å². The molecule has 1 unspecified atom stereocenters. The summed E-state index contributed by atoms with van der Waals surface area (Å²) in [5, 5.41) is 4.64. The number of nitrogens with zero attached hydrogens (tertiary/aromatic N) is 3. The molecule has 1 aliphatic rings. The van der Waals surface area contributed by atoms with Gasteiger partial charge in [0.15, 0.2) is 0 Å². The molecule has 89 valence electrons. The largest absolute Gasteiger partial charge is 0.341 e. The summed E-state index contributed by atoms with van der Waals surface area (Å²) in [5.41, 5.74) is 3.41. The second kappa shape index (κ2) is 4.13. The highest BCUT2D eigenvalue weighted by molar-refractivity contribution is 5.78. The van der Waals surface area contributed by atoms with E-state index in [1.807, 2.05) is 0 Å². The maximum absolute atomic E-state index is 4.69.